The Kier molecular flexibility index (Phi) is 6.30. The Labute approximate surface area is 184 Å². The zero-order valence-corrected chi connectivity index (χ0v) is 18.3. The minimum Gasteiger partial charge on any atom is -0.476 e. The lowest BCUT2D eigenvalue weighted by molar-refractivity contribution is -0.313. The Morgan fingerprint density at radius 3 is 2.13 bits per heavy atom. The Balaban J connectivity index is 2.08. The van der Waals surface area contributed by atoms with Gasteiger partial charge in [0.05, 0.1) is 14.7 Å². The second-order valence-corrected chi connectivity index (χ2v) is 8.66. The topological polar surface area (TPSA) is 26.3 Å². The molecule has 162 valence electrons. The number of rotatable bonds is 4. The van der Waals surface area contributed by atoms with Gasteiger partial charge in [-0.2, -0.15) is 26.3 Å². The summed E-state index contributed by atoms with van der Waals surface area (Å²) in [6, 6.07) is 8.90. The van der Waals surface area contributed by atoms with Gasteiger partial charge in [0.1, 0.15) is 0 Å². The predicted molar refractivity (Wildman–Crippen MR) is 105 cm³/mol. The molecule has 10 heteroatoms. The van der Waals surface area contributed by atoms with Crippen LogP contribution < -0.4 is 0 Å². The zero-order valence-electron chi connectivity index (χ0n) is 15.1. The van der Waals surface area contributed by atoms with Gasteiger partial charge in [0.2, 0.25) is 5.78 Å². The summed E-state index contributed by atoms with van der Waals surface area (Å²) < 4.78 is 82.7. The van der Waals surface area contributed by atoms with Crippen molar-refractivity contribution in [3.8, 4) is 0 Å². The molecule has 1 aromatic rings. The number of carbonyl (C=O) groups excluding carboxylic acids is 1. The van der Waals surface area contributed by atoms with Crippen molar-refractivity contribution in [3.05, 3.63) is 68.3 Å². The van der Waals surface area contributed by atoms with E-state index in [9.17, 15) is 31.1 Å². The van der Waals surface area contributed by atoms with Gasteiger partial charge in [-0.25, -0.2) is 0 Å². The van der Waals surface area contributed by atoms with E-state index >= 15 is 0 Å². The highest BCUT2D eigenvalue weighted by atomic mass is 79.9. The van der Waals surface area contributed by atoms with E-state index in [1.54, 1.807) is 30.3 Å². The fourth-order valence-corrected chi connectivity index (χ4v) is 5.26. The average molecular weight is 560 g/mol. The van der Waals surface area contributed by atoms with E-state index < -0.39 is 29.6 Å². The predicted octanol–water partition coefficient (Wildman–Crippen LogP) is 6.91. The molecule has 0 saturated carbocycles. The molecule has 1 unspecified atom stereocenters. The van der Waals surface area contributed by atoms with Crippen LogP contribution in [0, 0.1) is 5.41 Å². The van der Waals surface area contributed by atoms with E-state index in [1.807, 2.05) is 0 Å². The fourth-order valence-electron chi connectivity index (χ4n) is 3.61. The second-order valence-electron chi connectivity index (χ2n) is 7.01. The molecule has 1 atom stereocenters. The molecular formula is C20H14Br2F6O2. The summed E-state index contributed by atoms with van der Waals surface area (Å²) >= 11 is 6.40. The zero-order chi connectivity index (χ0) is 22.3. The van der Waals surface area contributed by atoms with Gasteiger partial charge in [-0.3, -0.25) is 4.79 Å². The van der Waals surface area contributed by atoms with Gasteiger partial charge in [-0.1, -0.05) is 36.4 Å². The van der Waals surface area contributed by atoms with E-state index in [4.69, 9.17) is 0 Å². The lowest BCUT2D eigenvalue weighted by Gasteiger charge is -2.39. The number of alkyl halides is 6. The number of hydrogen-bond donors (Lipinski definition) is 0. The maximum absolute atomic E-state index is 13.0. The first-order valence-corrected chi connectivity index (χ1v) is 10.3. The Morgan fingerprint density at radius 2 is 1.57 bits per heavy atom. The number of hydrogen-bond acceptors (Lipinski definition) is 2. The van der Waals surface area contributed by atoms with Crippen LogP contribution in [0.1, 0.15) is 18.4 Å². The molecular weight excluding hydrogens is 546 g/mol. The first-order chi connectivity index (χ1) is 13.8. The average Bonchev–Trinajstić information content (AvgIpc) is 2.63. The molecule has 0 spiro atoms. The highest BCUT2D eigenvalue weighted by Gasteiger charge is 2.59. The van der Waals surface area contributed by atoms with Crippen LogP contribution in [0.2, 0.25) is 0 Å². The van der Waals surface area contributed by atoms with Gasteiger partial charge in [0.25, 0.3) is 6.10 Å². The van der Waals surface area contributed by atoms with Crippen molar-refractivity contribution in [3.63, 3.8) is 0 Å². The van der Waals surface area contributed by atoms with Crippen molar-refractivity contribution >= 4 is 37.6 Å². The maximum atomic E-state index is 13.0. The fraction of sp³-hybridized carbons (Fsp3) is 0.350. The Hall–Kier alpha value is -1.55. The number of Topliss-reactive ketones (excluding diaryl/α,β-unsaturated/α-hetero) is 1. The molecule has 0 saturated heterocycles. The lowest BCUT2D eigenvalue weighted by atomic mass is 9.68. The van der Waals surface area contributed by atoms with Crippen LogP contribution >= 0.6 is 31.9 Å². The van der Waals surface area contributed by atoms with E-state index in [0.29, 0.717) is 5.57 Å². The highest BCUT2D eigenvalue weighted by molar-refractivity contribution is 9.13. The number of allylic oxidation sites excluding steroid dienone is 6. The molecule has 0 radical (unpaired) electrons. The summed E-state index contributed by atoms with van der Waals surface area (Å²) in [5.41, 5.74) is 0.270. The summed E-state index contributed by atoms with van der Waals surface area (Å²) in [5, 5.41) is 0. The third kappa shape index (κ3) is 4.69. The van der Waals surface area contributed by atoms with Gasteiger partial charge in [0.15, 0.2) is 0 Å². The van der Waals surface area contributed by atoms with Crippen LogP contribution in [0.5, 0.6) is 0 Å². The van der Waals surface area contributed by atoms with Crippen molar-refractivity contribution in [2.75, 3.05) is 0 Å². The van der Waals surface area contributed by atoms with Crippen LogP contribution in [0.15, 0.2) is 62.8 Å². The number of fused-ring (bicyclic) bond motifs is 1. The van der Waals surface area contributed by atoms with E-state index in [2.05, 4.69) is 36.6 Å². The van der Waals surface area contributed by atoms with Crippen LogP contribution in [0.4, 0.5) is 26.3 Å². The molecule has 0 heterocycles. The Bertz CT molecular complexity index is 917. The smallest absolute Gasteiger partial charge is 0.434 e. The van der Waals surface area contributed by atoms with Crippen molar-refractivity contribution in [2.45, 2.75) is 37.7 Å². The number of halogens is 8. The van der Waals surface area contributed by atoms with Crippen molar-refractivity contribution in [2.24, 2.45) is 5.41 Å². The third-order valence-electron chi connectivity index (χ3n) is 4.87. The number of ether oxygens (including phenoxy) is 1. The number of benzene rings is 1. The second kappa shape index (κ2) is 8.18. The third-order valence-corrected chi connectivity index (χ3v) is 6.30. The van der Waals surface area contributed by atoms with Gasteiger partial charge in [-0.15, -0.1) is 0 Å². The first kappa shape index (κ1) is 23.1. The normalized spacial score (nSPS) is 22.6. The van der Waals surface area contributed by atoms with E-state index in [-0.39, 0.29) is 34.0 Å². The van der Waals surface area contributed by atoms with Crippen LogP contribution in [-0.4, -0.2) is 24.2 Å². The van der Waals surface area contributed by atoms with Gasteiger partial charge < -0.3 is 4.74 Å². The largest absolute Gasteiger partial charge is 0.476 e. The van der Waals surface area contributed by atoms with Gasteiger partial charge in [-0.05, 0) is 61.9 Å². The quantitative estimate of drug-likeness (QED) is 0.375. The molecule has 2 aliphatic rings. The molecule has 2 nitrogen and oxygen atoms in total. The number of carbonyl (C=O) groups is 1. The maximum Gasteiger partial charge on any atom is 0.434 e. The molecule has 30 heavy (non-hydrogen) atoms. The van der Waals surface area contributed by atoms with Crippen LogP contribution in [-0.2, 0) is 16.0 Å². The van der Waals surface area contributed by atoms with Gasteiger partial charge in [0, 0.05) is 11.8 Å². The molecule has 2 aliphatic carbocycles. The lowest BCUT2D eigenvalue weighted by Crippen LogP contribution is -2.44. The summed E-state index contributed by atoms with van der Waals surface area (Å²) in [7, 11) is 0. The molecule has 3 rings (SSSR count). The van der Waals surface area contributed by atoms with Crippen LogP contribution in [0.25, 0.3) is 0 Å². The Morgan fingerprint density at radius 1 is 0.967 bits per heavy atom. The van der Waals surface area contributed by atoms with Crippen molar-refractivity contribution in [1.29, 1.82) is 0 Å². The summed E-state index contributed by atoms with van der Waals surface area (Å²) in [6.45, 7) is 0. The molecule has 0 N–H and O–H groups in total. The van der Waals surface area contributed by atoms with Crippen LogP contribution in [0.3, 0.4) is 0 Å². The molecule has 0 bridgehead atoms. The van der Waals surface area contributed by atoms with Crippen molar-refractivity contribution in [1.82, 2.24) is 0 Å². The summed E-state index contributed by atoms with van der Waals surface area (Å²) in [6.07, 6.45) is -12.2. The highest BCUT2D eigenvalue weighted by Crippen LogP contribution is 2.51. The standard InChI is InChI=1S/C20H14Br2F6O2/c21-14-10-18(8-11-4-2-1-3-5-11)9-12(6-7-13(18)15(22)16(14)29)30-17(19(23,24)25)20(26,27)28/h1-5,9-10,17H,6-8H2. The number of ketones is 1. The van der Waals surface area contributed by atoms with Gasteiger partial charge >= 0.3 is 12.4 Å². The minimum absolute atomic E-state index is 0.0736. The first-order valence-electron chi connectivity index (χ1n) is 8.71. The van der Waals surface area contributed by atoms with E-state index in [0.717, 1.165) is 5.56 Å². The van der Waals surface area contributed by atoms with Crippen molar-refractivity contribution < 1.29 is 35.9 Å². The molecule has 0 fully saturated rings. The SMILES string of the molecule is O=C1C(Br)=CC2(Cc3ccccc3)C=C(OC(C(F)(F)F)C(F)(F)F)CCC2=C1Br. The summed E-state index contributed by atoms with van der Waals surface area (Å²) in [5.74, 6) is -0.754. The summed E-state index contributed by atoms with van der Waals surface area (Å²) in [4.78, 5) is 12.3. The molecule has 0 aromatic heterocycles. The van der Waals surface area contributed by atoms with E-state index in [1.165, 1.54) is 12.2 Å². The molecule has 1 aromatic carbocycles. The molecule has 0 aliphatic heterocycles. The molecule has 0 amide bonds. The minimum atomic E-state index is -5.61. The monoisotopic (exact) mass is 558 g/mol.